The summed E-state index contributed by atoms with van der Waals surface area (Å²) in [5, 5.41) is 0.485. The zero-order valence-electron chi connectivity index (χ0n) is 13.2. The number of anilines is 1. The molecule has 1 aromatic rings. The average molecular weight is 313 g/mol. The van der Waals surface area contributed by atoms with Crippen molar-refractivity contribution in [2.45, 2.75) is 27.4 Å². The second kappa shape index (κ2) is 7.92. The molecule has 1 aliphatic rings. The zero-order valence-corrected chi connectivity index (χ0v) is 13.9. The van der Waals surface area contributed by atoms with Gasteiger partial charge >= 0.3 is 0 Å². The summed E-state index contributed by atoms with van der Waals surface area (Å²) in [4.78, 5) is 13.6. The summed E-state index contributed by atoms with van der Waals surface area (Å²) in [5.74, 6) is 2.28. The van der Waals surface area contributed by atoms with Gasteiger partial charge in [0.15, 0.2) is 5.82 Å². The molecule has 1 aliphatic heterocycles. The highest BCUT2D eigenvalue weighted by Gasteiger charge is 2.19. The van der Waals surface area contributed by atoms with Gasteiger partial charge < -0.3 is 9.64 Å². The number of rotatable bonds is 6. The topological polar surface area (TPSA) is 41.5 Å². The fraction of sp³-hybridized carbons (Fsp3) is 0.733. The Kier molecular flexibility index (Phi) is 6.21. The largest absolute Gasteiger partial charge is 0.374 e. The maximum absolute atomic E-state index is 6.10. The molecule has 0 unspecified atom stereocenters. The van der Waals surface area contributed by atoms with Gasteiger partial charge in [-0.25, -0.2) is 9.97 Å². The summed E-state index contributed by atoms with van der Waals surface area (Å²) in [5.41, 5.74) is 0. The van der Waals surface area contributed by atoms with Crippen molar-refractivity contribution in [3.8, 4) is 0 Å². The minimum atomic E-state index is 0.414. The molecule has 21 heavy (non-hydrogen) atoms. The van der Waals surface area contributed by atoms with Crippen molar-refractivity contribution < 1.29 is 4.74 Å². The molecule has 1 aromatic heterocycles. The smallest absolute Gasteiger partial charge is 0.158 e. The Morgan fingerprint density at radius 2 is 1.95 bits per heavy atom. The standard InChI is InChI=1S/C15H25ClN4O/c1-4-21-11-14-17-13(16)9-15(18-14)20-7-5-19(6-8-20)10-12(2)3/h9,12H,4-8,10-11H2,1-3H3. The summed E-state index contributed by atoms with van der Waals surface area (Å²) < 4.78 is 5.37. The van der Waals surface area contributed by atoms with E-state index in [4.69, 9.17) is 16.3 Å². The molecule has 5 nitrogen and oxygen atoms in total. The lowest BCUT2D eigenvalue weighted by Gasteiger charge is -2.36. The number of hydrogen-bond donors (Lipinski definition) is 0. The van der Waals surface area contributed by atoms with Gasteiger partial charge in [-0.2, -0.15) is 0 Å². The van der Waals surface area contributed by atoms with Crippen LogP contribution in [0.2, 0.25) is 5.15 Å². The molecule has 0 radical (unpaired) electrons. The van der Waals surface area contributed by atoms with Crippen LogP contribution < -0.4 is 4.90 Å². The van der Waals surface area contributed by atoms with Crippen LogP contribution in [0.1, 0.15) is 26.6 Å². The second-order valence-electron chi connectivity index (χ2n) is 5.78. The van der Waals surface area contributed by atoms with E-state index >= 15 is 0 Å². The molecular formula is C15H25ClN4O. The average Bonchev–Trinajstić information content (AvgIpc) is 2.44. The normalized spacial score (nSPS) is 16.7. The first-order valence-electron chi connectivity index (χ1n) is 7.67. The highest BCUT2D eigenvalue weighted by atomic mass is 35.5. The Bertz CT molecular complexity index is 447. The number of aromatic nitrogens is 2. The van der Waals surface area contributed by atoms with Gasteiger partial charge in [-0.3, -0.25) is 4.90 Å². The molecule has 0 amide bonds. The summed E-state index contributed by atoms with van der Waals surface area (Å²) in [6, 6.07) is 1.84. The van der Waals surface area contributed by atoms with E-state index in [-0.39, 0.29) is 0 Å². The lowest BCUT2D eigenvalue weighted by Crippen LogP contribution is -2.47. The first-order valence-corrected chi connectivity index (χ1v) is 8.04. The summed E-state index contributed by atoms with van der Waals surface area (Å²) in [7, 11) is 0. The van der Waals surface area contributed by atoms with Gasteiger partial charge in [-0.15, -0.1) is 0 Å². The van der Waals surface area contributed by atoms with Crippen LogP contribution in [-0.4, -0.2) is 54.2 Å². The highest BCUT2D eigenvalue weighted by molar-refractivity contribution is 6.29. The molecule has 1 fully saturated rings. The van der Waals surface area contributed by atoms with E-state index in [1.165, 1.54) is 0 Å². The third-order valence-electron chi connectivity index (χ3n) is 3.48. The summed E-state index contributed by atoms with van der Waals surface area (Å²) in [6.07, 6.45) is 0. The van der Waals surface area contributed by atoms with E-state index in [2.05, 4.69) is 33.6 Å². The lowest BCUT2D eigenvalue weighted by atomic mass is 10.2. The highest BCUT2D eigenvalue weighted by Crippen LogP contribution is 2.18. The number of nitrogens with zero attached hydrogens (tertiary/aromatic N) is 4. The quantitative estimate of drug-likeness (QED) is 0.755. The molecule has 118 valence electrons. The van der Waals surface area contributed by atoms with Crippen LogP contribution >= 0.6 is 11.6 Å². The molecule has 1 saturated heterocycles. The fourth-order valence-corrected chi connectivity index (χ4v) is 2.74. The maximum atomic E-state index is 6.10. The van der Waals surface area contributed by atoms with Gasteiger partial charge in [0.05, 0.1) is 0 Å². The Labute approximate surface area is 132 Å². The SMILES string of the molecule is CCOCc1nc(Cl)cc(N2CCN(CC(C)C)CC2)n1. The van der Waals surface area contributed by atoms with E-state index in [1.807, 2.05) is 13.0 Å². The minimum absolute atomic E-state index is 0.414. The molecule has 0 bridgehead atoms. The second-order valence-corrected chi connectivity index (χ2v) is 6.17. The van der Waals surface area contributed by atoms with Crippen molar-refractivity contribution in [2.75, 3.05) is 44.2 Å². The van der Waals surface area contributed by atoms with E-state index in [0.29, 0.717) is 30.1 Å². The number of hydrogen-bond acceptors (Lipinski definition) is 5. The van der Waals surface area contributed by atoms with E-state index < -0.39 is 0 Å². The van der Waals surface area contributed by atoms with Gasteiger partial charge in [-0.05, 0) is 12.8 Å². The van der Waals surface area contributed by atoms with Crippen molar-refractivity contribution in [1.82, 2.24) is 14.9 Å². The molecule has 0 saturated carbocycles. The monoisotopic (exact) mass is 312 g/mol. The van der Waals surface area contributed by atoms with Crippen molar-refractivity contribution in [3.63, 3.8) is 0 Å². The van der Waals surface area contributed by atoms with E-state index in [1.54, 1.807) is 0 Å². The van der Waals surface area contributed by atoms with Crippen molar-refractivity contribution in [2.24, 2.45) is 5.92 Å². The third kappa shape index (κ3) is 5.09. The molecule has 2 rings (SSSR count). The fourth-order valence-electron chi connectivity index (χ4n) is 2.55. The molecule has 0 aromatic carbocycles. The molecule has 2 heterocycles. The van der Waals surface area contributed by atoms with Crippen LogP contribution in [-0.2, 0) is 11.3 Å². The van der Waals surface area contributed by atoms with Crippen LogP contribution in [0, 0.1) is 5.92 Å². The molecule has 0 N–H and O–H groups in total. The third-order valence-corrected chi connectivity index (χ3v) is 3.68. The molecule has 0 aliphatic carbocycles. The Morgan fingerprint density at radius 3 is 2.57 bits per heavy atom. The number of ether oxygens (including phenoxy) is 1. The predicted octanol–water partition coefficient (Wildman–Crippen LogP) is 2.44. The van der Waals surface area contributed by atoms with Crippen LogP contribution in [0.3, 0.4) is 0 Å². The van der Waals surface area contributed by atoms with E-state index in [0.717, 1.165) is 38.5 Å². The summed E-state index contributed by atoms with van der Waals surface area (Å²) >= 11 is 6.10. The van der Waals surface area contributed by atoms with Crippen LogP contribution in [0.5, 0.6) is 0 Å². The maximum Gasteiger partial charge on any atom is 0.158 e. The van der Waals surface area contributed by atoms with Crippen molar-refractivity contribution >= 4 is 17.4 Å². The Morgan fingerprint density at radius 1 is 1.24 bits per heavy atom. The summed E-state index contributed by atoms with van der Waals surface area (Å²) in [6.45, 7) is 12.8. The molecule has 0 spiro atoms. The van der Waals surface area contributed by atoms with Crippen LogP contribution in [0.25, 0.3) is 0 Å². The van der Waals surface area contributed by atoms with Crippen molar-refractivity contribution in [3.05, 3.63) is 17.0 Å². The van der Waals surface area contributed by atoms with Crippen LogP contribution in [0.4, 0.5) is 5.82 Å². The first-order chi connectivity index (χ1) is 10.1. The van der Waals surface area contributed by atoms with E-state index in [9.17, 15) is 0 Å². The molecular weight excluding hydrogens is 288 g/mol. The van der Waals surface area contributed by atoms with Gasteiger partial charge in [0.2, 0.25) is 0 Å². The minimum Gasteiger partial charge on any atom is -0.374 e. The van der Waals surface area contributed by atoms with Crippen molar-refractivity contribution in [1.29, 1.82) is 0 Å². The Hall–Kier alpha value is -0.910. The van der Waals surface area contributed by atoms with Gasteiger partial charge in [-0.1, -0.05) is 25.4 Å². The predicted molar refractivity (Wildman–Crippen MR) is 85.9 cm³/mol. The van der Waals surface area contributed by atoms with Gasteiger partial charge in [0.1, 0.15) is 17.6 Å². The Balaban J connectivity index is 1.97. The number of piperazine rings is 1. The number of halogens is 1. The molecule has 0 atom stereocenters. The van der Waals surface area contributed by atoms with Gasteiger partial charge in [0, 0.05) is 45.4 Å². The van der Waals surface area contributed by atoms with Crippen LogP contribution in [0.15, 0.2) is 6.07 Å². The van der Waals surface area contributed by atoms with Gasteiger partial charge in [0.25, 0.3) is 0 Å². The zero-order chi connectivity index (χ0) is 15.2. The first kappa shape index (κ1) is 16.5. The molecule has 6 heteroatoms. The lowest BCUT2D eigenvalue weighted by molar-refractivity contribution is 0.128.